The number of hydrogen-bond donors (Lipinski definition) is 1. The second-order valence-electron chi connectivity index (χ2n) is 27.4. The van der Waals surface area contributed by atoms with E-state index in [4.69, 9.17) is 5.73 Å². The number of fused-ring (bicyclic) bond motifs is 14. The van der Waals surface area contributed by atoms with Crippen LogP contribution in [0.5, 0.6) is 0 Å². The van der Waals surface area contributed by atoms with Crippen LogP contribution in [-0.4, -0.2) is 5.54 Å². The minimum atomic E-state index is 0.435. The van der Waals surface area contributed by atoms with Gasteiger partial charge >= 0.3 is 0 Å². The van der Waals surface area contributed by atoms with Crippen molar-refractivity contribution in [1.29, 1.82) is 0 Å². The zero-order chi connectivity index (χ0) is 24.1. The van der Waals surface area contributed by atoms with Crippen LogP contribution in [0.3, 0.4) is 0 Å². The van der Waals surface area contributed by atoms with E-state index in [9.17, 15) is 0 Å². The van der Waals surface area contributed by atoms with Gasteiger partial charge in [-0.15, -0.1) is 0 Å². The molecular formula is C42H27N. The molecule has 0 bridgehead atoms. The van der Waals surface area contributed by atoms with Crippen LogP contribution in [0.15, 0.2) is 0 Å². The molecule has 30 saturated carbocycles. The van der Waals surface area contributed by atoms with Crippen molar-refractivity contribution in [2.45, 2.75) is 31.2 Å². The summed E-state index contributed by atoms with van der Waals surface area (Å²) in [6.07, 6.45) is 7.08. The summed E-state index contributed by atoms with van der Waals surface area (Å²) in [6.45, 7) is 0. The lowest BCUT2D eigenvalue weighted by molar-refractivity contribution is -1.21. The van der Waals surface area contributed by atoms with Gasteiger partial charge in [-0.05, 0) is 224 Å². The van der Waals surface area contributed by atoms with Crippen molar-refractivity contribution in [1.82, 2.24) is 0 Å². The molecule has 1 heteroatoms. The molecule has 0 aromatic heterocycles. The van der Waals surface area contributed by atoms with E-state index in [0.29, 0.717) is 5.54 Å². The minimum absolute atomic E-state index is 0.435. The fraction of sp³-hybridized carbons (Fsp3) is 1.00. The van der Waals surface area contributed by atoms with Crippen molar-refractivity contribution in [3.05, 3.63) is 0 Å². The first-order chi connectivity index (χ1) is 21.3. The van der Waals surface area contributed by atoms with E-state index in [1.165, 1.54) is 88.8 Å². The Bertz CT molecular complexity index is 2720. The summed E-state index contributed by atoms with van der Waals surface area (Å²) in [5, 5.41) is 0. The summed E-state index contributed by atoms with van der Waals surface area (Å²) in [6, 6.07) is 0. The van der Waals surface area contributed by atoms with Crippen LogP contribution in [0, 0.1) is 209 Å². The molecule has 0 saturated heterocycles. The molecule has 30 aliphatic carbocycles. The summed E-state index contributed by atoms with van der Waals surface area (Å²) < 4.78 is 0. The van der Waals surface area contributed by atoms with E-state index in [1.807, 2.05) is 6.42 Å². The first-order valence-electron chi connectivity index (χ1n) is 21.0. The van der Waals surface area contributed by atoms with Gasteiger partial charge in [-0.2, -0.15) is 0 Å². The summed E-state index contributed by atoms with van der Waals surface area (Å²) in [4.78, 5) is 0. The van der Waals surface area contributed by atoms with E-state index >= 15 is 0 Å². The van der Waals surface area contributed by atoms with E-state index in [2.05, 4.69) is 0 Å². The van der Waals surface area contributed by atoms with Crippen LogP contribution in [0.2, 0.25) is 0 Å². The molecule has 0 aromatic rings. The van der Waals surface area contributed by atoms with Crippen molar-refractivity contribution in [2.75, 3.05) is 0 Å². The molecule has 0 heterocycles. The van der Waals surface area contributed by atoms with Gasteiger partial charge in [-0.25, -0.2) is 0 Å². The third-order valence-electron chi connectivity index (χ3n) is 36.5. The maximum atomic E-state index is 8.45. The molecule has 37 unspecified atom stereocenters. The van der Waals surface area contributed by atoms with E-state index in [-0.39, 0.29) is 0 Å². The van der Waals surface area contributed by atoms with Gasteiger partial charge in [0.15, 0.2) is 0 Å². The highest BCUT2D eigenvalue weighted by Gasteiger charge is 3.68. The second kappa shape index (κ2) is 2.15. The van der Waals surface area contributed by atoms with Crippen molar-refractivity contribution < 1.29 is 0 Å². The van der Waals surface area contributed by atoms with Crippen LogP contribution < -0.4 is 5.73 Å². The van der Waals surface area contributed by atoms with Crippen LogP contribution in [0.1, 0.15) is 25.7 Å². The quantitative estimate of drug-likeness (QED) is 0.498. The smallest absolute Gasteiger partial charge is 0.0301 e. The molecule has 30 aliphatic rings. The highest BCUT2D eigenvalue weighted by atomic mass is 15.7. The van der Waals surface area contributed by atoms with Gasteiger partial charge in [0.2, 0.25) is 0 Å². The average Bonchev–Trinajstić information content (AvgIpc) is 2.86. The fourth-order valence-electron chi connectivity index (χ4n) is 46.3. The van der Waals surface area contributed by atoms with E-state index in [1.54, 1.807) is 19.3 Å². The predicted molar refractivity (Wildman–Crippen MR) is 133 cm³/mol. The van der Waals surface area contributed by atoms with Crippen molar-refractivity contribution in [3.63, 3.8) is 0 Å². The lowest BCUT2D eigenvalue weighted by Gasteiger charge is -3.66. The molecule has 30 rings (SSSR count). The Balaban J connectivity index is 0.956. The molecule has 30 fully saturated rings. The molecule has 0 amide bonds. The molecular weight excluding hydrogens is 518 g/mol. The van der Waals surface area contributed by atoms with Crippen molar-refractivity contribution in [2.24, 2.45) is 215 Å². The number of hydrogen-bond acceptors (Lipinski definition) is 1. The lowest BCUT2D eigenvalue weighted by atomic mass is 8.36. The Morgan fingerprint density at radius 3 is 1.33 bits per heavy atom. The fourth-order valence-corrected chi connectivity index (χ4v) is 46.3. The zero-order valence-electron chi connectivity index (χ0n) is 23.7. The number of nitrogens with two attached hydrogens (primary N) is 1. The lowest BCUT2D eigenvalue weighted by Crippen LogP contribution is -3.65. The average molecular weight is 546 g/mol. The van der Waals surface area contributed by atoms with Gasteiger partial charge in [-0.1, -0.05) is 0 Å². The molecule has 0 aliphatic heterocycles. The normalized spacial score (nSPS) is 139. The molecule has 0 aromatic carbocycles. The summed E-state index contributed by atoms with van der Waals surface area (Å²) in [5.74, 6) is 22.2. The van der Waals surface area contributed by atoms with Crippen LogP contribution in [0.25, 0.3) is 0 Å². The van der Waals surface area contributed by atoms with Gasteiger partial charge in [0.1, 0.15) is 0 Å². The van der Waals surface area contributed by atoms with Gasteiger partial charge in [0.05, 0.1) is 0 Å². The topological polar surface area (TPSA) is 26.0 Å². The SMILES string of the molecule is N[C@]12C3CC4C5C6C7CC8C9C%10C%11C%12CC%13C%14C%15C%16CC%17C%18C1C1%19C%18%20C%16%17C%15%16C%14%15C%13%12C%11%12C%10%11C9%10C87C67C56C43C12C61C%107C%112C%15%12C%16%20C%1921. The Kier molecular flexibility index (Phi) is 0.730. The Morgan fingerprint density at radius 1 is 0.326 bits per heavy atom. The third kappa shape index (κ3) is 0.309. The zero-order valence-corrected chi connectivity index (χ0v) is 23.7. The first kappa shape index (κ1) is 14.6. The minimum Gasteiger partial charge on any atom is -0.324 e. The van der Waals surface area contributed by atoms with Gasteiger partial charge in [0, 0.05) is 16.4 Å². The third-order valence-corrected chi connectivity index (χ3v) is 36.5. The molecule has 20 spiro atoms. The van der Waals surface area contributed by atoms with E-state index < -0.39 is 0 Å². The summed E-state index contributed by atoms with van der Waals surface area (Å²) in [5.41, 5.74) is 29.7. The maximum absolute atomic E-state index is 8.45. The summed E-state index contributed by atoms with van der Waals surface area (Å²) in [7, 11) is 0. The van der Waals surface area contributed by atoms with Crippen LogP contribution in [0.4, 0.5) is 0 Å². The highest BCUT2D eigenvalue weighted by Crippen LogP contribution is 3.68. The Labute approximate surface area is 245 Å². The maximum Gasteiger partial charge on any atom is 0.0301 e. The molecule has 0 radical (unpaired) electrons. The standard InChI is InChI=1S/C42H27N/c43-26-12-4-11-16-15-6-2-9-18-20-17-8-1-5-13-14-7-3-10-19-21(26)35-33(19)24(7,10)28(14)27(13)22(5,8)30(17)34(20)31(18)23(6,9)29(15)32(16)25(11,12)36(26,35)40(32)39(29,31)41(34)37(27,30)38(28,33)42(35,40)41/h5-21H,1-4,43H2/t5?,6?,7?,8?,9?,10?,11?,12?,13?,14?,15?,16?,17?,18?,19?,20?,21?,22?,23?,24?,25?,26-,27?,28?,29?,30?,31?,32?,33?,34?,35?,36?,37?,38?,39?,40?,41?,42?/m1/s1. The Hall–Kier alpha value is -0.0400. The second-order valence-corrected chi connectivity index (χ2v) is 27.4. The molecule has 2 N–H and O–H groups in total. The Morgan fingerprint density at radius 2 is 0.721 bits per heavy atom. The highest BCUT2D eigenvalue weighted by molar-refractivity contribution is 6.12. The summed E-state index contributed by atoms with van der Waals surface area (Å²) >= 11 is 0. The van der Waals surface area contributed by atoms with Crippen molar-refractivity contribution in [3.8, 4) is 0 Å². The molecule has 200 valence electrons. The van der Waals surface area contributed by atoms with E-state index in [0.717, 1.165) is 120 Å². The van der Waals surface area contributed by atoms with Crippen LogP contribution in [-0.2, 0) is 0 Å². The monoisotopic (exact) mass is 545 g/mol. The van der Waals surface area contributed by atoms with Gasteiger partial charge in [-0.3, -0.25) is 0 Å². The van der Waals surface area contributed by atoms with Crippen molar-refractivity contribution >= 4 is 0 Å². The largest absolute Gasteiger partial charge is 0.324 e. The molecule has 1 nitrogen and oxygen atoms in total. The molecule has 38 atom stereocenters. The first-order valence-corrected chi connectivity index (χ1v) is 21.0. The van der Waals surface area contributed by atoms with Gasteiger partial charge in [0.25, 0.3) is 0 Å². The number of rotatable bonds is 0. The van der Waals surface area contributed by atoms with Crippen LogP contribution >= 0.6 is 0 Å². The predicted octanol–water partition coefficient (Wildman–Crippen LogP) is 2.86. The van der Waals surface area contributed by atoms with Gasteiger partial charge < -0.3 is 5.73 Å². The molecule has 43 heavy (non-hydrogen) atoms.